The van der Waals surface area contributed by atoms with E-state index in [1.165, 1.54) is 16.5 Å². The van der Waals surface area contributed by atoms with Crippen LogP contribution in [0.4, 0.5) is 13.2 Å². The van der Waals surface area contributed by atoms with Gasteiger partial charge in [-0.2, -0.15) is 13.2 Å². The number of hydrogen-bond acceptors (Lipinski definition) is 6. The average molecular weight is 535 g/mol. The normalized spacial score (nSPS) is 28.5. The molecule has 2 aromatic rings. The van der Waals surface area contributed by atoms with Gasteiger partial charge in [-0.15, -0.1) is 11.3 Å². The first-order chi connectivity index (χ1) is 17.8. The predicted octanol–water partition coefficient (Wildman–Crippen LogP) is 4.88. The lowest BCUT2D eigenvalue weighted by molar-refractivity contribution is -0.137. The average Bonchev–Trinajstić information content (AvgIpc) is 3.65. The molecule has 200 valence electrons. The van der Waals surface area contributed by atoms with Crippen molar-refractivity contribution in [1.82, 2.24) is 9.80 Å². The number of ketones is 1. The van der Waals surface area contributed by atoms with Crippen molar-refractivity contribution >= 4 is 17.1 Å². The number of Topliss-reactive ketones (excluding diaryl/α,β-unsaturated/α-hetero) is 1. The van der Waals surface area contributed by atoms with Crippen molar-refractivity contribution < 1.29 is 27.4 Å². The SMILES string of the molecule is O=C(CC1CN(C2CCOC2)C[C@@H]1OC1CCc2ccsc21)CN1CCc2ccc(C(F)(F)F)cc2C1. The molecule has 3 aliphatic heterocycles. The van der Waals surface area contributed by atoms with E-state index in [1.807, 2.05) is 4.90 Å². The summed E-state index contributed by atoms with van der Waals surface area (Å²) in [7, 11) is 0. The molecular weight excluding hydrogens is 501 g/mol. The van der Waals surface area contributed by atoms with E-state index in [0.717, 1.165) is 57.2 Å². The van der Waals surface area contributed by atoms with E-state index in [4.69, 9.17) is 9.47 Å². The first-order valence-corrected chi connectivity index (χ1v) is 14.2. The second-order valence-corrected chi connectivity index (χ2v) is 11.9. The molecule has 4 aliphatic rings. The lowest BCUT2D eigenvalue weighted by atomic mass is 9.95. The van der Waals surface area contributed by atoms with Crippen LogP contribution in [0, 0.1) is 5.92 Å². The van der Waals surface area contributed by atoms with Crippen LogP contribution in [0.25, 0.3) is 0 Å². The number of rotatable bonds is 7. The van der Waals surface area contributed by atoms with E-state index >= 15 is 0 Å². The van der Waals surface area contributed by atoms with Gasteiger partial charge in [0.2, 0.25) is 0 Å². The Morgan fingerprint density at radius 2 is 2.00 bits per heavy atom. The Labute approximate surface area is 219 Å². The fraction of sp³-hybridized carbons (Fsp3) is 0.607. The van der Waals surface area contributed by atoms with Gasteiger partial charge < -0.3 is 9.47 Å². The topological polar surface area (TPSA) is 42.0 Å². The molecule has 1 aromatic heterocycles. The smallest absolute Gasteiger partial charge is 0.380 e. The van der Waals surface area contributed by atoms with Crippen LogP contribution >= 0.6 is 11.3 Å². The Balaban J connectivity index is 1.10. The molecular formula is C28H33F3N2O3S. The van der Waals surface area contributed by atoms with Crippen molar-refractivity contribution in [3.63, 3.8) is 0 Å². The fourth-order valence-corrected chi connectivity index (χ4v) is 7.49. The van der Waals surface area contributed by atoms with Crippen molar-refractivity contribution in [1.29, 1.82) is 0 Å². The molecule has 37 heavy (non-hydrogen) atoms. The monoisotopic (exact) mass is 534 g/mol. The molecule has 0 bridgehead atoms. The largest absolute Gasteiger partial charge is 0.416 e. The van der Waals surface area contributed by atoms with Crippen LogP contribution in [0.5, 0.6) is 0 Å². The maximum absolute atomic E-state index is 13.3. The molecule has 0 N–H and O–H groups in total. The molecule has 2 saturated heterocycles. The third-order valence-electron chi connectivity index (χ3n) is 8.43. The number of likely N-dealkylation sites (tertiary alicyclic amines) is 1. The Morgan fingerprint density at radius 1 is 1.11 bits per heavy atom. The summed E-state index contributed by atoms with van der Waals surface area (Å²) in [4.78, 5) is 19.0. The highest BCUT2D eigenvalue weighted by atomic mass is 32.1. The zero-order chi connectivity index (χ0) is 25.6. The van der Waals surface area contributed by atoms with Gasteiger partial charge in [0.25, 0.3) is 0 Å². The maximum atomic E-state index is 13.3. The number of carbonyl (C=O) groups is 1. The summed E-state index contributed by atoms with van der Waals surface area (Å²) in [6.45, 7) is 4.49. The van der Waals surface area contributed by atoms with Crippen LogP contribution < -0.4 is 0 Å². The zero-order valence-corrected chi connectivity index (χ0v) is 21.7. The second-order valence-electron chi connectivity index (χ2n) is 10.9. The third kappa shape index (κ3) is 5.52. The molecule has 1 aliphatic carbocycles. The number of alkyl halides is 3. The molecule has 4 atom stereocenters. The number of carbonyl (C=O) groups excluding carboxylic acids is 1. The first kappa shape index (κ1) is 25.5. The van der Waals surface area contributed by atoms with Crippen LogP contribution in [-0.4, -0.2) is 67.1 Å². The van der Waals surface area contributed by atoms with Crippen molar-refractivity contribution in [2.75, 3.05) is 39.4 Å². The number of halogens is 3. The number of fused-ring (bicyclic) bond motifs is 2. The number of aryl methyl sites for hydroxylation is 1. The lowest BCUT2D eigenvalue weighted by Crippen LogP contribution is -2.36. The van der Waals surface area contributed by atoms with Crippen molar-refractivity contribution in [2.24, 2.45) is 5.92 Å². The van der Waals surface area contributed by atoms with Gasteiger partial charge in [-0.3, -0.25) is 14.6 Å². The van der Waals surface area contributed by atoms with Gasteiger partial charge in [-0.25, -0.2) is 0 Å². The van der Waals surface area contributed by atoms with E-state index in [0.29, 0.717) is 37.5 Å². The van der Waals surface area contributed by atoms with Gasteiger partial charge >= 0.3 is 6.18 Å². The summed E-state index contributed by atoms with van der Waals surface area (Å²) < 4.78 is 51.9. The lowest BCUT2D eigenvalue weighted by Gasteiger charge is -2.29. The van der Waals surface area contributed by atoms with E-state index in [2.05, 4.69) is 16.3 Å². The quantitative estimate of drug-likeness (QED) is 0.507. The van der Waals surface area contributed by atoms with Crippen molar-refractivity contribution in [2.45, 2.75) is 63.1 Å². The van der Waals surface area contributed by atoms with Gasteiger partial charge in [0, 0.05) is 56.0 Å². The summed E-state index contributed by atoms with van der Waals surface area (Å²) in [5.74, 6) is 0.257. The van der Waals surface area contributed by atoms with Crippen LogP contribution in [0.2, 0.25) is 0 Å². The Bertz CT molecular complexity index is 1130. The summed E-state index contributed by atoms with van der Waals surface area (Å²) in [5, 5.41) is 2.13. The highest BCUT2D eigenvalue weighted by Crippen LogP contribution is 2.41. The minimum absolute atomic E-state index is 0.000902. The minimum atomic E-state index is -4.36. The third-order valence-corrected chi connectivity index (χ3v) is 9.49. The van der Waals surface area contributed by atoms with Crippen LogP contribution in [0.1, 0.15) is 52.5 Å². The van der Waals surface area contributed by atoms with E-state index in [1.54, 1.807) is 17.4 Å². The van der Waals surface area contributed by atoms with Gasteiger partial charge in [-0.1, -0.05) is 6.07 Å². The number of thiophene rings is 1. The van der Waals surface area contributed by atoms with E-state index < -0.39 is 11.7 Å². The Kier molecular flexibility index (Phi) is 7.18. The molecule has 0 radical (unpaired) electrons. The summed E-state index contributed by atoms with van der Waals surface area (Å²) >= 11 is 1.76. The van der Waals surface area contributed by atoms with Gasteiger partial charge in [0.1, 0.15) is 5.78 Å². The van der Waals surface area contributed by atoms with Gasteiger partial charge in [0.15, 0.2) is 0 Å². The predicted molar refractivity (Wildman–Crippen MR) is 135 cm³/mol. The molecule has 0 spiro atoms. The Hall–Kier alpha value is -1.78. The fourth-order valence-electron chi connectivity index (χ4n) is 6.46. The maximum Gasteiger partial charge on any atom is 0.416 e. The van der Waals surface area contributed by atoms with E-state index in [-0.39, 0.29) is 30.5 Å². The molecule has 0 saturated carbocycles. The van der Waals surface area contributed by atoms with Crippen LogP contribution in [0.3, 0.4) is 0 Å². The summed E-state index contributed by atoms with van der Waals surface area (Å²) in [5.41, 5.74) is 2.39. The highest BCUT2D eigenvalue weighted by Gasteiger charge is 2.41. The molecule has 5 nitrogen and oxygen atoms in total. The second kappa shape index (κ2) is 10.4. The molecule has 6 rings (SSSR count). The number of nitrogens with zero attached hydrogens (tertiary/aromatic N) is 2. The summed E-state index contributed by atoms with van der Waals surface area (Å²) in [6, 6.07) is 6.56. The van der Waals surface area contributed by atoms with Crippen LogP contribution in [-0.2, 0) is 39.8 Å². The molecule has 9 heteroatoms. The van der Waals surface area contributed by atoms with Crippen LogP contribution in [0.15, 0.2) is 29.6 Å². The Morgan fingerprint density at radius 3 is 2.81 bits per heavy atom. The molecule has 3 unspecified atom stereocenters. The molecule has 1 aromatic carbocycles. The van der Waals surface area contributed by atoms with Gasteiger partial charge in [0.05, 0.1) is 30.9 Å². The minimum Gasteiger partial charge on any atom is -0.380 e. The summed E-state index contributed by atoms with van der Waals surface area (Å²) in [6.07, 6.45) is -0.0901. The van der Waals surface area contributed by atoms with E-state index in [9.17, 15) is 18.0 Å². The first-order valence-electron chi connectivity index (χ1n) is 13.3. The van der Waals surface area contributed by atoms with Crippen molar-refractivity contribution in [3.8, 4) is 0 Å². The standard InChI is InChI=1S/C28H33F3N2O3S/c29-28(30,31)22-3-1-18-5-8-32(13-20(18)11-22)15-24(34)12-21-14-33(23-6-9-35-17-23)16-26(21)36-25-4-2-19-7-10-37-27(19)25/h1,3,7,10-11,21,23,25-26H,2,4-6,8-9,12-17H2/t21?,23?,25?,26-/m0/s1. The number of benzene rings is 1. The van der Waals surface area contributed by atoms with Gasteiger partial charge in [-0.05, 0) is 66.0 Å². The van der Waals surface area contributed by atoms with Crippen molar-refractivity contribution in [3.05, 3.63) is 56.8 Å². The number of ether oxygens (including phenoxy) is 2. The molecule has 0 amide bonds. The molecule has 2 fully saturated rings. The zero-order valence-electron chi connectivity index (χ0n) is 20.8. The molecule has 4 heterocycles. The number of hydrogen-bond donors (Lipinski definition) is 0. The highest BCUT2D eigenvalue weighted by molar-refractivity contribution is 7.10.